The maximum absolute atomic E-state index is 13.1. The van der Waals surface area contributed by atoms with Gasteiger partial charge in [0.15, 0.2) is 17.8 Å². The summed E-state index contributed by atoms with van der Waals surface area (Å²) in [5.41, 5.74) is 2.12. The molecular weight excluding hydrogens is 536 g/mol. The van der Waals surface area contributed by atoms with E-state index in [1.54, 1.807) is 12.1 Å². The van der Waals surface area contributed by atoms with E-state index in [1.807, 2.05) is 69.3 Å². The molecule has 2 atom stereocenters. The lowest BCUT2D eigenvalue weighted by Gasteiger charge is -2.26. The third kappa shape index (κ3) is 8.25. The molecule has 42 heavy (non-hydrogen) atoms. The lowest BCUT2D eigenvalue weighted by atomic mass is 9.86. The van der Waals surface area contributed by atoms with Crippen LogP contribution in [-0.2, 0) is 27.4 Å². The number of para-hydroxylation sites is 1. The maximum Gasteiger partial charge on any atom is 0.345 e. The second-order valence-electron chi connectivity index (χ2n) is 11.6. The first-order valence-corrected chi connectivity index (χ1v) is 14.4. The SMILES string of the molecule is COC(=O)c1c(Oc2c(COC3CCCCO3)cccc2OCc2ccccc2)ccc(C(O)CC(C)(C)C)c1OC. The van der Waals surface area contributed by atoms with Gasteiger partial charge in [0.2, 0.25) is 0 Å². The van der Waals surface area contributed by atoms with Crippen LogP contribution in [0.4, 0.5) is 0 Å². The van der Waals surface area contributed by atoms with Crippen molar-refractivity contribution in [3.8, 4) is 23.0 Å². The normalized spacial score (nSPS) is 16.0. The zero-order valence-electron chi connectivity index (χ0n) is 25.2. The van der Waals surface area contributed by atoms with E-state index in [-0.39, 0.29) is 35.4 Å². The average molecular weight is 579 g/mol. The minimum Gasteiger partial charge on any atom is -0.495 e. The van der Waals surface area contributed by atoms with E-state index in [0.717, 1.165) is 30.4 Å². The van der Waals surface area contributed by atoms with Crippen LogP contribution in [0.25, 0.3) is 0 Å². The molecule has 1 N–H and O–H groups in total. The van der Waals surface area contributed by atoms with Crippen molar-refractivity contribution in [2.24, 2.45) is 5.41 Å². The third-order valence-corrected chi connectivity index (χ3v) is 6.98. The Labute approximate surface area is 248 Å². The highest BCUT2D eigenvalue weighted by Gasteiger charge is 2.29. The molecule has 0 amide bonds. The van der Waals surface area contributed by atoms with Gasteiger partial charge in [-0.3, -0.25) is 0 Å². The minimum absolute atomic E-state index is 0.0748. The summed E-state index contributed by atoms with van der Waals surface area (Å²) >= 11 is 0. The van der Waals surface area contributed by atoms with Crippen LogP contribution in [0.5, 0.6) is 23.0 Å². The number of carbonyl (C=O) groups is 1. The molecule has 8 heteroatoms. The fourth-order valence-corrected chi connectivity index (χ4v) is 4.91. The van der Waals surface area contributed by atoms with E-state index in [0.29, 0.717) is 36.7 Å². The number of rotatable bonds is 12. The lowest BCUT2D eigenvalue weighted by Crippen LogP contribution is -2.22. The third-order valence-electron chi connectivity index (χ3n) is 6.98. The first kappa shape index (κ1) is 31.3. The summed E-state index contributed by atoms with van der Waals surface area (Å²) in [5.74, 6) is 0.641. The van der Waals surface area contributed by atoms with Crippen molar-refractivity contribution < 1.29 is 38.3 Å². The van der Waals surface area contributed by atoms with Crippen molar-refractivity contribution in [2.45, 2.75) is 72.1 Å². The zero-order chi connectivity index (χ0) is 30.1. The highest BCUT2D eigenvalue weighted by molar-refractivity contribution is 5.96. The Kier molecular flexibility index (Phi) is 10.8. The van der Waals surface area contributed by atoms with Gasteiger partial charge < -0.3 is 33.5 Å². The van der Waals surface area contributed by atoms with Crippen LogP contribution in [0.15, 0.2) is 60.7 Å². The summed E-state index contributed by atoms with van der Waals surface area (Å²) < 4.78 is 35.4. The standard InChI is InChI=1S/C34H42O8/c1-34(2,3)20-26(35)25-17-18-27(30(32(25)37-4)33(36)38-5)42-31-24(22-41-29-16-9-10-19-39-29)14-11-15-28(31)40-21-23-12-7-6-8-13-23/h6-8,11-15,17-18,26,29,35H,9-10,16,19-22H2,1-5H3. The van der Waals surface area contributed by atoms with Gasteiger partial charge in [0.05, 0.1) is 26.9 Å². The number of aliphatic hydroxyl groups excluding tert-OH is 1. The molecule has 2 unspecified atom stereocenters. The van der Waals surface area contributed by atoms with Crippen molar-refractivity contribution >= 4 is 5.97 Å². The average Bonchev–Trinajstić information content (AvgIpc) is 2.99. The molecule has 1 aliphatic rings. The summed E-state index contributed by atoms with van der Waals surface area (Å²) in [5, 5.41) is 11.1. The first-order valence-electron chi connectivity index (χ1n) is 14.4. The number of hydrogen-bond donors (Lipinski definition) is 1. The number of aliphatic hydroxyl groups is 1. The Bertz CT molecular complexity index is 1310. The molecule has 0 spiro atoms. The molecule has 1 fully saturated rings. The number of methoxy groups -OCH3 is 2. The fraction of sp³-hybridized carbons (Fsp3) is 0.441. The smallest absolute Gasteiger partial charge is 0.345 e. The van der Waals surface area contributed by atoms with Gasteiger partial charge in [-0.25, -0.2) is 4.79 Å². The fourth-order valence-electron chi connectivity index (χ4n) is 4.91. The second kappa shape index (κ2) is 14.5. The summed E-state index contributed by atoms with van der Waals surface area (Å²) in [7, 11) is 2.75. The Morgan fingerprint density at radius 2 is 1.74 bits per heavy atom. The highest BCUT2D eigenvalue weighted by atomic mass is 16.7. The molecule has 226 valence electrons. The summed E-state index contributed by atoms with van der Waals surface area (Å²) in [4.78, 5) is 13.1. The molecular formula is C34H42O8. The summed E-state index contributed by atoms with van der Waals surface area (Å²) in [6.07, 6.45) is 2.20. The van der Waals surface area contributed by atoms with E-state index in [4.69, 9.17) is 28.4 Å². The van der Waals surface area contributed by atoms with Crippen LogP contribution in [0.2, 0.25) is 0 Å². The highest BCUT2D eigenvalue weighted by Crippen LogP contribution is 2.43. The molecule has 3 aromatic carbocycles. The molecule has 1 saturated heterocycles. The van der Waals surface area contributed by atoms with E-state index >= 15 is 0 Å². The van der Waals surface area contributed by atoms with Gasteiger partial charge in [-0.1, -0.05) is 63.2 Å². The van der Waals surface area contributed by atoms with Gasteiger partial charge in [0.25, 0.3) is 0 Å². The van der Waals surface area contributed by atoms with Crippen LogP contribution in [-0.4, -0.2) is 38.2 Å². The van der Waals surface area contributed by atoms with E-state index < -0.39 is 12.1 Å². The topological polar surface area (TPSA) is 92.7 Å². The molecule has 1 aliphatic heterocycles. The van der Waals surface area contributed by atoms with Gasteiger partial charge in [-0.2, -0.15) is 0 Å². The molecule has 0 saturated carbocycles. The predicted octanol–water partition coefficient (Wildman–Crippen LogP) is 7.37. The molecule has 0 aromatic heterocycles. The Hall–Kier alpha value is -3.59. The van der Waals surface area contributed by atoms with Crippen molar-refractivity contribution in [3.63, 3.8) is 0 Å². The number of carbonyl (C=O) groups excluding carboxylic acids is 1. The van der Waals surface area contributed by atoms with Crippen molar-refractivity contribution in [1.29, 1.82) is 0 Å². The molecule has 0 radical (unpaired) electrons. The Balaban J connectivity index is 1.73. The summed E-state index contributed by atoms with van der Waals surface area (Å²) in [6, 6.07) is 18.8. The Morgan fingerprint density at radius 1 is 0.952 bits per heavy atom. The van der Waals surface area contributed by atoms with Crippen LogP contribution in [0.3, 0.4) is 0 Å². The van der Waals surface area contributed by atoms with Crippen LogP contribution < -0.4 is 14.2 Å². The lowest BCUT2D eigenvalue weighted by molar-refractivity contribution is -0.169. The van der Waals surface area contributed by atoms with Crippen LogP contribution in [0.1, 0.15) is 79.6 Å². The number of esters is 1. The quantitative estimate of drug-likeness (QED) is 0.223. The molecule has 1 heterocycles. The molecule has 0 bridgehead atoms. The van der Waals surface area contributed by atoms with Crippen molar-refractivity contribution in [1.82, 2.24) is 0 Å². The maximum atomic E-state index is 13.1. The first-order chi connectivity index (χ1) is 20.2. The van der Waals surface area contributed by atoms with Gasteiger partial charge in [0, 0.05) is 17.7 Å². The van der Waals surface area contributed by atoms with E-state index in [1.165, 1.54) is 14.2 Å². The van der Waals surface area contributed by atoms with Crippen LogP contribution >= 0.6 is 0 Å². The van der Waals surface area contributed by atoms with Crippen molar-refractivity contribution in [3.05, 3.63) is 82.9 Å². The molecule has 0 aliphatic carbocycles. The molecule has 8 nitrogen and oxygen atoms in total. The largest absolute Gasteiger partial charge is 0.495 e. The second-order valence-corrected chi connectivity index (χ2v) is 11.6. The molecule has 4 rings (SSSR count). The zero-order valence-corrected chi connectivity index (χ0v) is 25.2. The van der Waals surface area contributed by atoms with E-state index in [9.17, 15) is 9.90 Å². The van der Waals surface area contributed by atoms with Gasteiger partial charge >= 0.3 is 5.97 Å². The number of ether oxygens (including phenoxy) is 6. The number of benzene rings is 3. The monoisotopic (exact) mass is 578 g/mol. The van der Waals surface area contributed by atoms with Gasteiger partial charge in [-0.15, -0.1) is 0 Å². The van der Waals surface area contributed by atoms with E-state index in [2.05, 4.69) is 0 Å². The predicted molar refractivity (Wildman–Crippen MR) is 159 cm³/mol. The minimum atomic E-state index is -0.863. The Morgan fingerprint density at radius 3 is 2.40 bits per heavy atom. The van der Waals surface area contributed by atoms with Gasteiger partial charge in [-0.05, 0) is 54.9 Å². The van der Waals surface area contributed by atoms with Crippen molar-refractivity contribution in [2.75, 3.05) is 20.8 Å². The molecule has 3 aromatic rings. The number of hydrogen-bond acceptors (Lipinski definition) is 8. The van der Waals surface area contributed by atoms with Gasteiger partial charge in [0.1, 0.15) is 23.7 Å². The van der Waals surface area contributed by atoms with Crippen LogP contribution in [0, 0.1) is 5.41 Å². The summed E-state index contributed by atoms with van der Waals surface area (Å²) in [6.45, 7) is 7.32.